The molecule has 7 nitrogen and oxygen atoms in total. The lowest BCUT2D eigenvalue weighted by Crippen LogP contribution is -2.36. The smallest absolute Gasteiger partial charge is 0.227 e. The summed E-state index contributed by atoms with van der Waals surface area (Å²) in [6, 6.07) is 17.6. The van der Waals surface area contributed by atoms with Gasteiger partial charge >= 0.3 is 0 Å². The van der Waals surface area contributed by atoms with Gasteiger partial charge in [0.05, 0.1) is 7.11 Å². The Hall–Kier alpha value is -3.26. The average molecular weight is 451 g/mol. The van der Waals surface area contributed by atoms with Crippen LogP contribution in [-0.2, 0) is 16.0 Å². The van der Waals surface area contributed by atoms with E-state index >= 15 is 0 Å². The summed E-state index contributed by atoms with van der Waals surface area (Å²) in [4.78, 5) is 27.0. The van der Waals surface area contributed by atoms with Gasteiger partial charge in [0.1, 0.15) is 10.8 Å². The fraction of sp³-hybridized carbons (Fsp3) is 0.333. The molecule has 32 heavy (non-hydrogen) atoms. The maximum atomic E-state index is 12.7. The Balaban J connectivity index is 1.31. The van der Waals surface area contributed by atoms with Crippen LogP contribution in [0, 0.1) is 5.92 Å². The number of methoxy groups -OCH3 is 1. The third kappa shape index (κ3) is 5.91. The SMILES string of the molecule is COc1ccc(-c2nnc(NC(=O)CCN(CCc3ccccc3)C(=O)C3CC3)s2)cc1. The van der Waals surface area contributed by atoms with E-state index in [1.165, 1.54) is 16.9 Å². The van der Waals surface area contributed by atoms with Crippen molar-refractivity contribution in [3.63, 3.8) is 0 Å². The molecule has 0 bridgehead atoms. The molecule has 1 fully saturated rings. The molecule has 0 aliphatic heterocycles. The Morgan fingerprint density at radius 3 is 2.50 bits per heavy atom. The number of anilines is 1. The first-order valence-corrected chi connectivity index (χ1v) is 11.5. The first kappa shape index (κ1) is 22.0. The molecular weight excluding hydrogens is 424 g/mol. The topological polar surface area (TPSA) is 84.4 Å². The van der Waals surface area contributed by atoms with Crippen molar-refractivity contribution in [1.29, 1.82) is 0 Å². The number of carbonyl (C=O) groups is 2. The molecule has 1 aliphatic rings. The summed E-state index contributed by atoms with van der Waals surface area (Å²) in [5.41, 5.74) is 2.09. The van der Waals surface area contributed by atoms with Gasteiger partial charge in [0.25, 0.3) is 0 Å². The van der Waals surface area contributed by atoms with Gasteiger partial charge in [-0.2, -0.15) is 0 Å². The standard InChI is InChI=1S/C24H26N4O3S/c1-31-20-11-9-18(10-12-20)22-26-27-24(32-22)25-21(29)14-16-28(23(30)19-7-8-19)15-13-17-5-3-2-4-6-17/h2-6,9-12,19H,7-8,13-16H2,1H3,(H,25,27,29). The highest BCUT2D eigenvalue weighted by Gasteiger charge is 2.33. The van der Waals surface area contributed by atoms with Gasteiger partial charge in [-0.05, 0) is 49.1 Å². The Bertz CT molecular complexity index is 1050. The highest BCUT2D eigenvalue weighted by molar-refractivity contribution is 7.18. The van der Waals surface area contributed by atoms with Crippen molar-refractivity contribution in [2.45, 2.75) is 25.7 Å². The second kappa shape index (κ2) is 10.4. The van der Waals surface area contributed by atoms with Crippen LogP contribution in [0.1, 0.15) is 24.8 Å². The summed E-state index contributed by atoms with van der Waals surface area (Å²) in [5, 5.41) is 12.2. The largest absolute Gasteiger partial charge is 0.497 e. The fourth-order valence-electron chi connectivity index (χ4n) is 3.37. The molecule has 8 heteroatoms. The molecule has 1 saturated carbocycles. The monoisotopic (exact) mass is 450 g/mol. The van der Waals surface area contributed by atoms with Gasteiger partial charge in [-0.25, -0.2) is 0 Å². The van der Waals surface area contributed by atoms with E-state index in [2.05, 4.69) is 27.6 Å². The molecule has 166 valence electrons. The molecule has 4 rings (SSSR count). The van der Waals surface area contributed by atoms with Crippen molar-refractivity contribution in [3.8, 4) is 16.3 Å². The number of benzene rings is 2. The quantitative estimate of drug-likeness (QED) is 0.504. The first-order valence-electron chi connectivity index (χ1n) is 10.7. The highest BCUT2D eigenvalue weighted by atomic mass is 32.1. The van der Waals surface area contributed by atoms with E-state index in [1.54, 1.807) is 7.11 Å². The van der Waals surface area contributed by atoms with Crippen molar-refractivity contribution < 1.29 is 14.3 Å². The number of hydrogen-bond acceptors (Lipinski definition) is 6. The molecule has 2 amide bonds. The van der Waals surface area contributed by atoms with Crippen LogP contribution >= 0.6 is 11.3 Å². The van der Waals surface area contributed by atoms with Crippen LogP contribution in [0.5, 0.6) is 5.75 Å². The van der Waals surface area contributed by atoms with Crippen LogP contribution in [-0.4, -0.2) is 47.1 Å². The van der Waals surface area contributed by atoms with Gasteiger partial charge in [-0.3, -0.25) is 9.59 Å². The lowest BCUT2D eigenvalue weighted by molar-refractivity contribution is -0.132. The fourth-order valence-corrected chi connectivity index (χ4v) is 4.14. The normalized spacial score (nSPS) is 12.9. The van der Waals surface area contributed by atoms with Gasteiger partial charge in [-0.1, -0.05) is 41.7 Å². The maximum absolute atomic E-state index is 12.7. The van der Waals surface area contributed by atoms with Crippen molar-refractivity contribution in [3.05, 3.63) is 60.2 Å². The molecule has 2 aromatic carbocycles. The molecular formula is C24H26N4O3S. The van der Waals surface area contributed by atoms with Crippen molar-refractivity contribution in [2.24, 2.45) is 5.92 Å². The molecule has 1 aliphatic carbocycles. The first-order chi connectivity index (χ1) is 15.6. The van der Waals surface area contributed by atoms with Gasteiger partial charge in [-0.15, -0.1) is 10.2 Å². The lowest BCUT2D eigenvalue weighted by atomic mass is 10.1. The lowest BCUT2D eigenvalue weighted by Gasteiger charge is -2.22. The Kier molecular flexibility index (Phi) is 7.11. The van der Waals surface area contributed by atoms with E-state index in [4.69, 9.17) is 4.74 Å². The number of hydrogen-bond donors (Lipinski definition) is 1. The molecule has 0 radical (unpaired) electrons. The predicted molar refractivity (Wildman–Crippen MR) is 125 cm³/mol. The minimum Gasteiger partial charge on any atom is -0.497 e. The Labute approximate surface area is 191 Å². The molecule has 0 unspecified atom stereocenters. The Morgan fingerprint density at radius 1 is 1.06 bits per heavy atom. The number of carbonyl (C=O) groups excluding carboxylic acids is 2. The van der Waals surface area contributed by atoms with E-state index < -0.39 is 0 Å². The van der Waals surface area contributed by atoms with Crippen LogP contribution in [0.4, 0.5) is 5.13 Å². The molecule has 0 spiro atoms. The number of nitrogens with one attached hydrogen (secondary N) is 1. The van der Waals surface area contributed by atoms with Crippen molar-refractivity contribution in [2.75, 3.05) is 25.5 Å². The summed E-state index contributed by atoms with van der Waals surface area (Å²) < 4.78 is 5.17. The van der Waals surface area contributed by atoms with Crippen LogP contribution in [0.2, 0.25) is 0 Å². The summed E-state index contributed by atoms with van der Waals surface area (Å²) >= 11 is 1.32. The summed E-state index contributed by atoms with van der Waals surface area (Å²) in [6.45, 7) is 1.02. The van der Waals surface area contributed by atoms with Gasteiger partial charge in [0.2, 0.25) is 16.9 Å². The third-order valence-corrected chi connectivity index (χ3v) is 6.26. The van der Waals surface area contributed by atoms with Crippen LogP contribution in [0.15, 0.2) is 54.6 Å². The van der Waals surface area contributed by atoms with Gasteiger partial charge < -0.3 is 15.0 Å². The zero-order valence-corrected chi connectivity index (χ0v) is 18.8. The van der Waals surface area contributed by atoms with Gasteiger partial charge in [0.15, 0.2) is 0 Å². The summed E-state index contributed by atoms with van der Waals surface area (Å²) in [6.07, 6.45) is 2.91. The predicted octanol–water partition coefficient (Wildman–Crippen LogP) is 4.02. The van der Waals surface area contributed by atoms with E-state index in [0.29, 0.717) is 18.2 Å². The number of ether oxygens (including phenoxy) is 1. The molecule has 1 aromatic heterocycles. The van der Waals surface area contributed by atoms with E-state index in [0.717, 1.165) is 35.6 Å². The average Bonchev–Trinajstić information content (AvgIpc) is 3.58. The second-order valence-corrected chi connectivity index (χ2v) is 8.75. The molecule has 1 heterocycles. The van der Waals surface area contributed by atoms with Gasteiger partial charge in [0, 0.05) is 31.0 Å². The number of rotatable bonds is 10. The minimum absolute atomic E-state index is 0.129. The van der Waals surface area contributed by atoms with Crippen LogP contribution in [0.25, 0.3) is 10.6 Å². The zero-order chi connectivity index (χ0) is 22.3. The molecule has 0 saturated heterocycles. The molecule has 1 N–H and O–H groups in total. The van der Waals surface area contributed by atoms with E-state index in [1.807, 2.05) is 47.4 Å². The summed E-state index contributed by atoms with van der Waals surface area (Å²) in [5.74, 6) is 0.885. The third-order valence-electron chi connectivity index (χ3n) is 5.37. The van der Waals surface area contributed by atoms with Crippen molar-refractivity contribution >= 4 is 28.3 Å². The number of nitrogens with zero attached hydrogens (tertiary/aromatic N) is 3. The van der Waals surface area contributed by atoms with E-state index in [-0.39, 0.29) is 24.2 Å². The minimum atomic E-state index is -0.171. The number of amides is 2. The summed E-state index contributed by atoms with van der Waals surface area (Å²) in [7, 11) is 1.62. The molecule has 3 aromatic rings. The van der Waals surface area contributed by atoms with E-state index in [9.17, 15) is 9.59 Å². The Morgan fingerprint density at radius 2 is 1.81 bits per heavy atom. The zero-order valence-electron chi connectivity index (χ0n) is 18.0. The van der Waals surface area contributed by atoms with Crippen LogP contribution in [0.3, 0.4) is 0 Å². The molecule has 0 atom stereocenters. The second-order valence-electron chi connectivity index (χ2n) is 7.77. The number of aromatic nitrogens is 2. The highest BCUT2D eigenvalue weighted by Crippen LogP contribution is 2.31. The van der Waals surface area contributed by atoms with Crippen LogP contribution < -0.4 is 10.1 Å². The maximum Gasteiger partial charge on any atom is 0.227 e. The van der Waals surface area contributed by atoms with Crippen molar-refractivity contribution in [1.82, 2.24) is 15.1 Å².